The summed E-state index contributed by atoms with van der Waals surface area (Å²) in [5.41, 5.74) is -0.0284. The zero-order valence-electron chi connectivity index (χ0n) is 16.4. The molecule has 0 heterocycles. The first kappa shape index (κ1) is 20.2. The van der Waals surface area contributed by atoms with E-state index in [2.05, 4.69) is 12.2 Å². The van der Waals surface area contributed by atoms with Gasteiger partial charge < -0.3 is 14.8 Å². The van der Waals surface area contributed by atoms with Crippen LogP contribution in [0.25, 0.3) is 10.8 Å². The number of benzene rings is 2. The predicted molar refractivity (Wildman–Crippen MR) is 108 cm³/mol. The van der Waals surface area contributed by atoms with E-state index < -0.39 is 5.60 Å². The van der Waals surface area contributed by atoms with Gasteiger partial charge in [0, 0.05) is 23.1 Å². The number of carbonyl (C=O) groups excluding carboxylic acids is 1. The van der Waals surface area contributed by atoms with Gasteiger partial charge in [-0.15, -0.1) is 0 Å². The minimum absolute atomic E-state index is 0.0928. The Morgan fingerprint density at radius 3 is 2.38 bits per heavy atom. The SMILES string of the molecule is CCCCC[C@](C)(OCC)C(=O)Nc1ccc(OCC)c2ccccc12. The van der Waals surface area contributed by atoms with Crippen LogP contribution in [0.15, 0.2) is 36.4 Å². The van der Waals surface area contributed by atoms with Gasteiger partial charge in [-0.1, -0.05) is 50.5 Å². The van der Waals surface area contributed by atoms with E-state index >= 15 is 0 Å². The Bertz CT molecular complexity index is 728. The van der Waals surface area contributed by atoms with Crippen LogP contribution in [-0.2, 0) is 9.53 Å². The summed E-state index contributed by atoms with van der Waals surface area (Å²) in [4.78, 5) is 13.0. The highest BCUT2D eigenvalue weighted by Gasteiger charge is 2.33. The molecule has 0 spiro atoms. The topological polar surface area (TPSA) is 47.6 Å². The van der Waals surface area contributed by atoms with E-state index in [0.29, 0.717) is 13.2 Å². The van der Waals surface area contributed by atoms with Gasteiger partial charge in [0.1, 0.15) is 11.4 Å². The number of unbranched alkanes of at least 4 members (excludes halogenated alkanes) is 2. The summed E-state index contributed by atoms with van der Waals surface area (Å²) < 4.78 is 11.6. The highest BCUT2D eigenvalue weighted by Crippen LogP contribution is 2.32. The lowest BCUT2D eigenvalue weighted by Crippen LogP contribution is -2.42. The Kier molecular flexibility index (Phi) is 7.46. The number of hydrogen-bond donors (Lipinski definition) is 1. The number of fused-ring (bicyclic) bond motifs is 1. The Balaban J connectivity index is 2.28. The van der Waals surface area contributed by atoms with Crippen LogP contribution in [0.3, 0.4) is 0 Å². The van der Waals surface area contributed by atoms with Crippen molar-refractivity contribution in [1.29, 1.82) is 0 Å². The van der Waals surface area contributed by atoms with Crippen molar-refractivity contribution in [2.75, 3.05) is 18.5 Å². The number of anilines is 1. The van der Waals surface area contributed by atoms with Gasteiger partial charge in [0.2, 0.25) is 0 Å². The number of rotatable bonds is 10. The van der Waals surface area contributed by atoms with Crippen molar-refractivity contribution in [3.05, 3.63) is 36.4 Å². The van der Waals surface area contributed by atoms with Crippen molar-refractivity contribution in [3.8, 4) is 5.75 Å². The van der Waals surface area contributed by atoms with Crippen LogP contribution in [0.1, 0.15) is 53.4 Å². The number of ether oxygens (including phenoxy) is 2. The number of hydrogen-bond acceptors (Lipinski definition) is 3. The van der Waals surface area contributed by atoms with Crippen LogP contribution in [0.2, 0.25) is 0 Å². The van der Waals surface area contributed by atoms with Gasteiger partial charge in [-0.25, -0.2) is 0 Å². The quantitative estimate of drug-likeness (QED) is 0.567. The van der Waals surface area contributed by atoms with Gasteiger partial charge in [-0.05, 0) is 39.3 Å². The van der Waals surface area contributed by atoms with Crippen molar-refractivity contribution >= 4 is 22.4 Å². The standard InChI is InChI=1S/C22H31NO3/c1-5-8-11-16-22(4,26-7-3)21(24)23-19-14-15-20(25-6-2)18-13-10-9-12-17(18)19/h9-10,12-15H,5-8,11,16H2,1-4H3,(H,23,24)/t22-/m0/s1. The van der Waals surface area contributed by atoms with E-state index in [9.17, 15) is 4.79 Å². The molecule has 0 bridgehead atoms. The van der Waals surface area contributed by atoms with Crippen LogP contribution < -0.4 is 10.1 Å². The minimum atomic E-state index is -0.816. The van der Waals surface area contributed by atoms with Gasteiger partial charge >= 0.3 is 0 Å². The summed E-state index contributed by atoms with van der Waals surface area (Å²) in [6.45, 7) is 9.06. The number of nitrogens with one attached hydrogen (secondary N) is 1. The van der Waals surface area contributed by atoms with Gasteiger partial charge in [-0.2, -0.15) is 0 Å². The third-order valence-corrected chi connectivity index (χ3v) is 4.63. The third-order valence-electron chi connectivity index (χ3n) is 4.63. The van der Waals surface area contributed by atoms with Gasteiger partial charge in [-0.3, -0.25) is 4.79 Å². The first-order chi connectivity index (χ1) is 12.6. The molecule has 0 aromatic heterocycles. The van der Waals surface area contributed by atoms with Crippen LogP contribution in [0, 0.1) is 0 Å². The maximum Gasteiger partial charge on any atom is 0.256 e. The normalized spacial score (nSPS) is 13.4. The molecule has 0 aliphatic heterocycles. The molecule has 0 radical (unpaired) electrons. The van der Waals surface area contributed by atoms with Crippen LogP contribution in [-0.4, -0.2) is 24.7 Å². The van der Waals surface area contributed by atoms with Gasteiger partial charge in [0.15, 0.2) is 0 Å². The molecule has 4 nitrogen and oxygen atoms in total. The monoisotopic (exact) mass is 357 g/mol. The van der Waals surface area contributed by atoms with E-state index in [4.69, 9.17) is 9.47 Å². The molecular weight excluding hydrogens is 326 g/mol. The molecule has 2 rings (SSSR count). The summed E-state index contributed by atoms with van der Waals surface area (Å²) in [6, 6.07) is 11.8. The molecule has 0 fully saturated rings. The van der Waals surface area contributed by atoms with Crippen molar-refractivity contribution in [1.82, 2.24) is 0 Å². The minimum Gasteiger partial charge on any atom is -0.493 e. The van der Waals surface area contributed by atoms with E-state index in [1.54, 1.807) is 0 Å². The summed E-state index contributed by atoms with van der Waals surface area (Å²) in [5, 5.41) is 5.06. The van der Waals surface area contributed by atoms with Crippen molar-refractivity contribution in [2.24, 2.45) is 0 Å². The lowest BCUT2D eigenvalue weighted by molar-refractivity contribution is -0.139. The smallest absolute Gasteiger partial charge is 0.256 e. The van der Waals surface area contributed by atoms with Gasteiger partial charge in [0.05, 0.1) is 6.61 Å². The second kappa shape index (κ2) is 9.58. The molecule has 0 unspecified atom stereocenters. The fourth-order valence-electron chi connectivity index (χ4n) is 3.20. The average Bonchev–Trinajstić information content (AvgIpc) is 2.64. The maximum atomic E-state index is 13.0. The maximum absolute atomic E-state index is 13.0. The molecule has 26 heavy (non-hydrogen) atoms. The molecule has 142 valence electrons. The highest BCUT2D eigenvalue weighted by molar-refractivity contribution is 6.06. The van der Waals surface area contributed by atoms with Crippen molar-refractivity contribution in [2.45, 2.75) is 59.0 Å². The van der Waals surface area contributed by atoms with Gasteiger partial charge in [0.25, 0.3) is 5.91 Å². The average molecular weight is 357 g/mol. The molecule has 2 aromatic rings. The molecule has 0 aliphatic carbocycles. The van der Waals surface area contributed by atoms with Crippen molar-refractivity contribution < 1.29 is 14.3 Å². The molecule has 2 aromatic carbocycles. The largest absolute Gasteiger partial charge is 0.493 e. The molecule has 0 saturated carbocycles. The van der Waals surface area contributed by atoms with Crippen molar-refractivity contribution in [3.63, 3.8) is 0 Å². The zero-order chi connectivity index (χ0) is 19.0. The van der Waals surface area contributed by atoms with E-state index in [-0.39, 0.29) is 5.91 Å². The molecular formula is C22H31NO3. The molecule has 1 amide bonds. The van der Waals surface area contributed by atoms with E-state index in [1.165, 1.54) is 0 Å². The van der Waals surface area contributed by atoms with E-state index in [0.717, 1.165) is 47.9 Å². The lowest BCUT2D eigenvalue weighted by atomic mass is 9.96. The fraction of sp³-hybridized carbons (Fsp3) is 0.500. The van der Waals surface area contributed by atoms with Crippen LogP contribution >= 0.6 is 0 Å². The second-order valence-electron chi connectivity index (χ2n) is 6.66. The van der Waals surface area contributed by atoms with E-state index in [1.807, 2.05) is 57.2 Å². The number of carbonyl (C=O) groups is 1. The highest BCUT2D eigenvalue weighted by atomic mass is 16.5. The summed E-state index contributed by atoms with van der Waals surface area (Å²) >= 11 is 0. The first-order valence-electron chi connectivity index (χ1n) is 9.65. The second-order valence-corrected chi connectivity index (χ2v) is 6.66. The summed E-state index contributed by atoms with van der Waals surface area (Å²) in [7, 11) is 0. The molecule has 4 heteroatoms. The molecule has 0 aliphatic rings. The Hall–Kier alpha value is -2.07. The summed E-state index contributed by atoms with van der Waals surface area (Å²) in [6.07, 6.45) is 3.91. The predicted octanol–water partition coefficient (Wildman–Crippen LogP) is 5.55. The summed E-state index contributed by atoms with van der Waals surface area (Å²) in [5.74, 6) is 0.737. The van der Waals surface area contributed by atoms with Crippen LogP contribution in [0.4, 0.5) is 5.69 Å². The Morgan fingerprint density at radius 2 is 1.73 bits per heavy atom. The lowest BCUT2D eigenvalue weighted by Gasteiger charge is -2.28. The van der Waals surface area contributed by atoms with Crippen LogP contribution in [0.5, 0.6) is 5.75 Å². The molecule has 0 saturated heterocycles. The first-order valence-corrected chi connectivity index (χ1v) is 9.65. The fourth-order valence-corrected chi connectivity index (χ4v) is 3.20. The Morgan fingerprint density at radius 1 is 1.00 bits per heavy atom. The molecule has 1 N–H and O–H groups in total. The number of amides is 1. The Labute approximate surface area is 156 Å². The zero-order valence-corrected chi connectivity index (χ0v) is 16.4. The molecule has 1 atom stereocenters. The third kappa shape index (κ3) is 4.76.